The van der Waals surface area contributed by atoms with E-state index in [0.717, 1.165) is 18.1 Å². The number of benzene rings is 3. The maximum Gasteiger partial charge on any atom is 0.306 e. The molecule has 0 atom stereocenters. The van der Waals surface area contributed by atoms with E-state index in [1.807, 2.05) is 19.9 Å². The van der Waals surface area contributed by atoms with Gasteiger partial charge >= 0.3 is 20.2 Å². The van der Waals surface area contributed by atoms with Crippen LogP contribution in [-0.4, -0.2) is 57.3 Å². The SMILES string of the molecule is COc1cc(-c2c(OC)c(Cl)c(-c3ccc(OS(C)(=O)=O)cc3)c(OC)c2OS(C)(=O)=O)ccc1OCC=C(C)C. The molecule has 0 spiro atoms. The van der Waals surface area contributed by atoms with Crippen LogP contribution in [0.15, 0.2) is 54.1 Å². The van der Waals surface area contributed by atoms with Crippen molar-refractivity contribution in [1.29, 1.82) is 0 Å². The number of halogens is 1. The molecule has 0 unspecified atom stereocenters. The zero-order valence-electron chi connectivity index (χ0n) is 23.6. The van der Waals surface area contributed by atoms with Crippen molar-refractivity contribution in [3.8, 4) is 56.8 Å². The lowest BCUT2D eigenvalue weighted by atomic mass is 9.96. The Morgan fingerprint density at radius 2 is 1.32 bits per heavy atom. The fourth-order valence-corrected chi connectivity index (χ4v) is 5.17. The summed E-state index contributed by atoms with van der Waals surface area (Å²) in [5.74, 6) is 0.820. The van der Waals surface area contributed by atoms with E-state index in [1.54, 1.807) is 18.2 Å². The fourth-order valence-electron chi connectivity index (χ4n) is 3.88. The summed E-state index contributed by atoms with van der Waals surface area (Å²) in [4.78, 5) is 0. The van der Waals surface area contributed by atoms with Crippen LogP contribution < -0.4 is 27.3 Å². The molecule has 0 bridgehead atoms. The fraction of sp³-hybridized carbons (Fsp3) is 0.286. The molecule has 3 aromatic carbocycles. The van der Waals surface area contributed by atoms with E-state index in [9.17, 15) is 16.8 Å². The van der Waals surface area contributed by atoms with E-state index in [-0.39, 0.29) is 39.1 Å². The van der Waals surface area contributed by atoms with Gasteiger partial charge in [0.05, 0.1) is 50.0 Å². The second kappa shape index (κ2) is 12.9. The topological polar surface area (TPSA) is 124 Å². The van der Waals surface area contributed by atoms with Crippen molar-refractivity contribution in [3.63, 3.8) is 0 Å². The standard InChI is InChI=1S/C28H31ClO10S2/c1-17(2)14-15-37-21-13-10-19(16-22(21)34-3)24-26(35-4)25(29)23(27(36-5)28(24)39-41(7,32)33)18-8-11-20(12-9-18)38-40(6,30)31/h8-14,16H,15H2,1-7H3. The summed E-state index contributed by atoms with van der Waals surface area (Å²) < 4.78 is 81.0. The Bertz CT molecular complexity index is 1660. The third kappa shape index (κ3) is 7.99. The Labute approximate surface area is 245 Å². The van der Waals surface area contributed by atoms with Crippen LogP contribution in [0.25, 0.3) is 22.3 Å². The zero-order chi connectivity index (χ0) is 30.5. The van der Waals surface area contributed by atoms with Gasteiger partial charge in [-0.15, -0.1) is 0 Å². The van der Waals surface area contributed by atoms with Crippen molar-refractivity contribution in [1.82, 2.24) is 0 Å². The van der Waals surface area contributed by atoms with Gasteiger partial charge in [-0.2, -0.15) is 16.8 Å². The summed E-state index contributed by atoms with van der Waals surface area (Å²) in [6.45, 7) is 4.24. The maximum atomic E-state index is 12.4. The van der Waals surface area contributed by atoms with Crippen LogP contribution in [0.1, 0.15) is 13.8 Å². The highest BCUT2D eigenvalue weighted by atomic mass is 35.5. The van der Waals surface area contributed by atoms with E-state index in [2.05, 4.69) is 0 Å². The molecule has 0 aliphatic rings. The van der Waals surface area contributed by atoms with Gasteiger partial charge in [-0.25, -0.2) is 0 Å². The molecule has 222 valence electrons. The Morgan fingerprint density at radius 3 is 1.83 bits per heavy atom. The molecule has 0 amide bonds. The average molecular weight is 627 g/mol. The van der Waals surface area contributed by atoms with Crippen LogP contribution in [0.2, 0.25) is 5.02 Å². The first-order valence-electron chi connectivity index (χ1n) is 12.0. The summed E-state index contributed by atoms with van der Waals surface area (Å²) in [5, 5.41) is 0.0832. The molecule has 10 nitrogen and oxygen atoms in total. The second-order valence-corrected chi connectivity index (χ2v) is 12.5. The van der Waals surface area contributed by atoms with Gasteiger partial charge in [-0.1, -0.05) is 35.4 Å². The third-order valence-electron chi connectivity index (χ3n) is 5.52. The van der Waals surface area contributed by atoms with Gasteiger partial charge in [0, 0.05) is 0 Å². The highest BCUT2D eigenvalue weighted by molar-refractivity contribution is 7.86. The summed E-state index contributed by atoms with van der Waals surface area (Å²) in [6, 6.07) is 10.9. The summed E-state index contributed by atoms with van der Waals surface area (Å²) >= 11 is 6.88. The Kier molecular flexibility index (Phi) is 10.1. The normalized spacial score (nSPS) is 11.4. The first-order chi connectivity index (χ1) is 19.2. The predicted molar refractivity (Wildman–Crippen MR) is 158 cm³/mol. The Hall–Kier alpha value is -3.61. The van der Waals surface area contributed by atoms with Crippen molar-refractivity contribution >= 4 is 31.8 Å². The van der Waals surface area contributed by atoms with Crippen LogP contribution in [0, 0.1) is 0 Å². The minimum atomic E-state index is -4.08. The highest BCUT2D eigenvalue weighted by Gasteiger charge is 2.30. The molecule has 0 fully saturated rings. The van der Waals surface area contributed by atoms with Crippen molar-refractivity contribution in [2.45, 2.75) is 13.8 Å². The van der Waals surface area contributed by atoms with Crippen LogP contribution in [0.3, 0.4) is 0 Å². The molecule has 0 saturated carbocycles. The van der Waals surface area contributed by atoms with Crippen LogP contribution in [0.4, 0.5) is 0 Å². The molecule has 0 aliphatic carbocycles. The lowest BCUT2D eigenvalue weighted by Crippen LogP contribution is -2.10. The smallest absolute Gasteiger partial charge is 0.306 e. The lowest BCUT2D eigenvalue weighted by Gasteiger charge is -2.23. The number of hydrogen-bond donors (Lipinski definition) is 0. The van der Waals surface area contributed by atoms with Gasteiger partial charge in [-0.05, 0) is 55.3 Å². The minimum absolute atomic E-state index is 0.00384. The molecule has 0 aromatic heterocycles. The zero-order valence-corrected chi connectivity index (χ0v) is 26.0. The molecule has 0 N–H and O–H groups in total. The molecule has 0 saturated heterocycles. The van der Waals surface area contributed by atoms with Gasteiger partial charge in [-0.3, -0.25) is 0 Å². The molecule has 0 aliphatic heterocycles. The summed E-state index contributed by atoms with van der Waals surface area (Å²) in [6.07, 6.45) is 3.74. The molecule has 13 heteroatoms. The average Bonchev–Trinajstić information content (AvgIpc) is 2.88. The quantitative estimate of drug-likeness (QED) is 0.182. The Morgan fingerprint density at radius 1 is 0.732 bits per heavy atom. The molecular formula is C28H31ClO10S2. The number of hydrogen-bond acceptors (Lipinski definition) is 10. The van der Waals surface area contributed by atoms with E-state index < -0.39 is 20.2 Å². The van der Waals surface area contributed by atoms with Gasteiger partial charge < -0.3 is 27.3 Å². The van der Waals surface area contributed by atoms with Gasteiger partial charge in [0.2, 0.25) is 0 Å². The van der Waals surface area contributed by atoms with E-state index in [1.165, 1.54) is 45.6 Å². The van der Waals surface area contributed by atoms with Crippen molar-refractivity contribution in [2.75, 3.05) is 40.4 Å². The molecule has 3 aromatic rings. The van der Waals surface area contributed by atoms with Gasteiger partial charge in [0.25, 0.3) is 0 Å². The van der Waals surface area contributed by atoms with Crippen molar-refractivity contribution in [3.05, 3.63) is 59.1 Å². The molecule has 0 radical (unpaired) electrons. The van der Waals surface area contributed by atoms with Gasteiger partial charge in [0.1, 0.15) is 18.1 Å². The number of methoxy groups -OCH3 is 3. The number of ether oxygens (including phenoxy) is 4. The third-order valence-corrected chi connectivity index (χ3v) is 6.85. The molecular weight excluding hydrogens is 596 g/mol. The van der Waals surface area contributed by atoms with E-state index in [0.29, 0.717) is 29.2 Å². The maximum absolute atomic E-state index is 12.4. The molecule has 3 rings (SSSR count). The highest BCUT2D eigenvalue weighted by Crippen LogP contribution is 2.56. The van der Waals surface area contributed by atoms with Crippen molar-refractivity contribution in [2.24, 2.45) is 0 Å². The predicted octanol–water partition coefficient (Wildman–Crippen LogP) is 5.72. The summed E-state index contributed by atoms with van der Waals surface area (Å²) in [7, 11) is -3.63. The largest absolute Gasteiger partial charge is 0.494 e. The van der Waals surface area contributed by atoms with Crippen molar-refractivity contribution < 1.29 is 44.1 Å². The molecule has 41 heavy (non-hydrogen) atoms. The van der Waals surface area contributed by atoms with E-state index in [4.69, 9.17) is 38.9 Å². The number of allylic oxidation sites excluding steroid dienone is 1. The van der Waals surface area contributed by atoms with Crippen LogP contribution >= 0.6 is 11.6 Å². The second-order valence-electron chi connectivity index (χ2n) is 9.02. The lowest BCUT2D eigenvalue weighted by molar-refractivity contribution is 0.326. The van der Waals surface area contributed by atoms with Crippen LogP contribution in [-0.2, 0) is 20.2 Å². The monoisotopic (exact) mass is 626 g/mol. The first-order valence-corrected chi connectivity index (χ1v) is 16.0. The van der Waals surface area contributed by atoms with E-state index >= 15 is 0 Å². The summed E-state index contributed by atoms with van der Waals surface area (Å²) in [5.41, 5.74) is 2.40. The number of rotatable bonds is 12. The van der Waals surface area contributed by atoms with Gasteiger partial charge in [0.15, 0.2) is 23.0 Å². The minimum Gasteiger partial charge on any atom is -0.494 e. The first kappa shape index (κ1) is 31.9. The van der Waals surface area contributed by atoms with Crippen LogP contribution in [0.5, 0.6) is 34.5 Å². The molecule has 0 heterocycles. The Balaban J connectivity index is 2.31.